The van der Waals surface area contributed by atoms with Crippen molar-refractivity contribution in [2.75, 3.05) is 21.3 Å². The molecule has 8 heteroatoms. The van der Waals surface area contributed by atoms with Crippen molar-refractivity contribution in [3.63, 3.8) is 0 Å². The van der Waals surface area contributed by atoms with E-state index in [0.29, 0.717) is 40.7 Å². The number of ether oxygens (including phenoxy) is 4. The van der Waals surface area contributed by atoms with Crippen molar-refractivity contribution in [3.8, 4) is 23.0 Å². The molecule has 0 spiro atoms. The number of halogens is 1. The number of hydrogen-bond donors (Lipinski definition) is 1. The lowest BCUT2D eigenvalue weighted by molar-refractivity contribution is 0.0950. The molecule has 0 aromatic heterocycles. The van der Waals surface area contributed by atoms with Crippen LogP contribution in [0.5, 0.6) is 23.0 Å². The lowest BCUT2D eigenvalue weighted by Crippen LogP contribution is -2.19. The topological polar surface area (TPSA) is 78.4 Å². The molecule has 0 radical (unpaired) electrons. The zero-order valence-corrected chi connectivity index (χ0v) is 19.5. The number of benzene rings is 3. The maximum Gasteiger partial charge on any atom is 0.275 e. The Labute approximate surface area is 195 Å². The van der Waals surface area contributed by atoms with E-state index in [1.165, 1.54) is 27.5 Å². The van der Waals surface area contributed by atoms with Gasteiger partial charge < -0.3 is 18.9 Å². The Morgan fingerprint density at radius 3 is 2.25 bits per heavy atom. The molecule has 1 N–H and O–H groups in total. The third-order valence-electron chi connectivity index (χ3n) is 4.49. The molecule has 1 amide bonds. The lowest BCUT2D eigenvalue weighted by atomic mass is 10.2. The minimum absolute atomic E-state index is 0.345. The number of carbonyl (C=O) groups is 1. The van der Waals surface area contributed by atoms with Gasteiger partial charge in [0.05, 0.1) is 33.1 Å². The van der Waals surface area contributed by atoms with E-state index in [-0.39, 0.29) is 0 Å². The second-order valence-corrected chi connectivity index (χ2v) is 7.49. The van der Waals surface area contributed by atoms with Crippen LogP contribution in [0.25, 0.3) is 0 Å². The number of rotatable bonds is 9. The van der Waals surface area contributed by atoms with Crippen molar-refractivity contribution in [3.05, 3.63) is 81.8 Å². The van der Waals surface area contributed by atoms with E-state index in [9.17, 15) is 4.79 Å². The normalized spacial score (nSPS) is 10.6. The van der Waals surface area contributed by atoms with Gasteiger partial charge in [-0.15, -0.1) is 0 Å². The van der Waals surface area contributed by atoms with Crippen LogP contribution in [-0.2, 0) is 6.61 Å². The van der Waals surface area contributed by atoms with Gasteiger partial charge >= 0.3 is 0 Å². The molecule has 3 aromatic rings. The van der Waals surface area contributed by atoms with Crippen molar-refractivity contribution >= 4 is 28.1 Å². The molecule has 0 heterocycles. The summed E-state index contributed by atoms with van der Waals surface area (Å²) in [5, 5.41) is 4.07. The molecule has 7 nitrogen and oxygen atoms in total. The van der Waals surface area contributed by atoms with Crippen LogP contribution in [0.15, 0.2) is 70.2 Å². The van der Waals surface area contributed by atoms with Gasteiger partial charge in [-0.1, -0.05) is 46.3 Å². The van der Waals surface area contributed by atoms with E-state index in [0.717, 1.165) is 10.0 Å². The average molecular weight is 499 g/mol. The molecule has 166 valence electrons. The molecule has 0 atom stereocenters. The van der Waals surface area contributed by atoms with Gasteiger partial charge in [-0.05, 0) is 35.9 Å². The van der Waals surface area contributed by atoms with Crippen molar-refractivity contribution in [2.45, 2.75) is 6.61 Å². The van der Waals surface area contributed by atoms with E-state index in [4.69, 9.17) is 18.9 Å². The largest absolute Gasteiger partial charge is 0.493 e. The standard InChI is InChI=1S/C24H23BrN2O5/c1-29-21-11-17(12-22(30-2)23(21)31-3)14-26-27-24(28)19-13-18(25)9-10-20(19)32-15-16-7-5-4-6-8-16/h4-14H,15H2,1-3H3,(H,27,28)/b26-14-. The number of nitrogens with zero attached hydrogens (tertiary/aromatic N) is 1. The molecule has 32 heavy (non-hydrogen) atoms. The fourth-order valence-electron chi connectivity index (χ4n) is 2.94. The van der Waals surface area contributed by atoms with Crippen molar-refractivity contribution in [1.82, 2.24) is 5.43 Å². The van der Waals surface area contributed by atoms with Crippen LogP contribution >= 0.6 is 15.9 Å². The number of amides is 1. The fraction of sp³-hybridized carbons (Fsp3) is 0.167. The first-order valence-corrected chi connectivity index (χ1v) is 10.4. The molecule has 3 rings (SSSR count). The molecule has 0 aliphatic rings. The van der Waals surface area contributed by atoms with Gasteiger partial charge in [-0.2, -0.15) is 5.10 Å². The van der Waals surface area contributed by atoms with Crippen LogP contribution in [0.1, 0.15) is 21.5 Å². The Morgan fingerprint density at radius 1 is 0.938 bits per heavy atom. The molecule has 0 aliphatic carbocycles. The molecule has 0 saturated heterocycles. The molecule has 0 unspecified atom stereocenters. The van der Waals surface area contributed by atoms with E-state index in [1.807, 2.05) is 36.4 Å². The minimum Gasteiger partial charge on any atom is -0.493 e. The Balaban J connectivity index is 1.74. The van der Waals surface area contributed by atoms with E-state index < -0.39 is 5.91 Å². The smallest absolute Gasteiger partial charge is 0.275 e. The van der Waals surface area contributed by atoms with Gasteiger partial charge in [0.2, 0.25) is 5.75 Å². The molecule has 0 saturated carbocycles. The fourth-order valence-corrected chi connectivity index (χ4v) is 3.30. The Morgan fingerprint density at radius 2 is 1.62 bits per heavy atom. The van der Waals surface area contributed by atoms with Crippen molar-refractivity contribution < 1.29 is 23.7 Å². The third-order valence-corrected chi connectivity index (χ3v) is 4.98. The summed E-state index contributed by atoms with van der Waals surface area (Å²) in [5.74, 6) is 1.51. The second-order valence-electron chi connectivity index (χ2n) is 6.57. The van der Waals surface area contributed by atoms with Crippen LogP contribution < -0.4 is 24.4 Å². The van der Waals surface area contributed by atoms with Gasteiger partial charge in [0.1, 0.15) is 12.4 Å². The monoisotopic (exact) mass is 498 g/mol. The van der Waals surface area contributed by atoms with Gasteiger partial charge in [0.25, 0.3) is 5.91 Å². The van der Waals surface area contributed by atoms with Gasteiger partial charge in [0, 0.05) is 10.0 Å². The second kappa shape index (κ2) is 11.2. The zero-order chi connectivity index (χ0) is 22.9. The number of carbonyl (C=O) groups excluding carboxylic acids is 1. The maximum atomic E-state index is 12.8. The summed E-state index contributed by atoms with van der Waals surface area (Å²) >= 11 is 3.40. The van der Waals surface area contributed by atoms with Crippen LogP contribution in [0.3, 0.4) is 0 Å². The number of hydrogen-bond acceptors (Lipinski definition) is 6. The summed E-state index contributed by atoms with van der Waals surface area (Å²) in [5.41, 5.74) is 4.56. The average Bonchev–Trinajstić information content (AvgIpc) is 2.83. The third kappa shape index (κ3) is 5.79. The summed E-state index contributed by atoms with van der Waals surface area (Å²) in [7, 11) is 4.60. The highest BCUT2D eigenvalue weighted by Crippen LogP contribution is 2.37. The summed E-state index contributed by atoms with van der Waals surface area (Å²) in [6, 6.07) is 18.4. The first-order chi connectivity index (χ1) is 15.5. The van der Waals surface area contributed by atoms with E-state index >= 15 is 0 Å². The molecular weight excluding hydrogens is 476 g/mol. The van der Waals surface area contributed by atoms with Gasteiger partial charge in [0.15, 0.2) is 11.5 Å². The summed E-state index contributed by atoms with van der Waals surface area (Å²) in [4.78, 5) is 12.8. The molecule has 3 aromatic carbocycles. The van der Waals surface area contributed by atoms with Gasteiger partial charge in [-0.25, -0.2) is 5.43 Å². The first kappa shape index (κ1) is 23.1. The predicted molar refractivity (Wildman–Crippen MR) is 126 cm³/mol. The molecule has 0 aliphatic heterocycles. The van der Waals surface area contributed by atoms with Crippen molar-refractivity contribution in [2.24, 2.45) is 5.10 Å². The Hall–Kier alpha value is -3.52. The summed E-state index contributed by atoms with van der Waals surface area (Å²) in [6.45, 7) is 0.345. The molecular formula is C24H23BrN2O5. The number of methoxy groups -OCH3 is 3. The van der Waals surface area contributed by atoms with Crippen LogP contribution in [0.4, 0.5) is 0 Å². The molecule has 0 fully saturated rings. The minimum atomic E-state index is -0.405. The molecule has 0 bridgehead atoms. The Bertz CT molecular complexity index is 1080. The highest BCUT2D eigenvalue weighted by atomic mass is 79.9. The van der Waals surface area contributed by atoms with Gasteiger partial charge in [-0.3, -0.25) is 4.79 Å². The quantitative estimate of drug-likeness (QED) is 0.338. The maximum absolute atomic E-state index is 12.8. The lowest BCUT2D eigenvalue weighted by Gasteiger charge is -2.13. The highest BCUT2D eigenvalue weighted by Gasteiger charge is 2.14. The van der Waals surface area contributed by atoms with Crippen molar-refractivity contribution in [1.29, 1.82) is 0 Å². The number of nitrogens with one attached hydrogen (secondary N) is 1. The summed E-state index contributed by atoms with van der Waals surface area (Å²) in [6.07, 6.45) is 1.49. The number of hydrazone groups is 1. The predicted octanol–water partition coefficient (Wildman–Crippen LogP) is 4.82. The zero-order valence-electron chi connectivity index (χ0n) is 17.9. The van der Waals surface area contributed by atoms with E-state index in [2.05, 4.69) is 26.5 Å². The Kier molecular flexibility index (Phi) is 8.10. The first-order valence-electron chi connectivity index (χ1n) is 9.65. The van der Waals surface area contributed by atoms with Crippen LogP contribution in [0, 0.1) is 0 Å². The highest BCUT2D eigenvalue weighted by molar-refractivity contribution is 9.10. The summed E-state index contributed by atoms with van der Waals surface area (Å²) < 4.78 is 22.6. The van der Waals surface area contributed by atoms with Crippen LogP contribution in [0.2, 0.25) is 0 Å². The van der Waals surface area contributed by atoms with Crippen LogP contribution in [-0.4, -0.2) is 33.5 Å². The SMILES string of the molecule is COc1cc(/C=N\NC(=O)c2cc(Br)ccc2OCc2ccccc2)cc(OC)c1OC. The van der Waals surface area contributed by atoms with E-state index in [1.54, 1.807) is 24.3 Å².